The summed E-state index contributed by atoms with van der Waals surface area (Å²) < 4.78 is 6.98. The lowest BCUT2D eigenvalue weighted by Gasteiger charge is -2.07. The first kappa shape index (κ1) is 21.5. The van der Waals surface area contributed by atoms with Crippen LogP contribution in [0.2, 0.25) is 10.0 Å². The van der Waals surface area contributed by atoms with Crippen LogP contribution >= 0.6 is 35.0 Å². The Hall–Kier alpha value is -2.22. The van der Waals surface area contributed by atoms with Gasteiger partial charge in [-0.1, -0.05) is 53.2 Å². The maximum absolute atomic E-state index is 12.2. The monoisotopic (exact) mass is 450 g/mol. The van der Waals surface area contributed by atoms with Gasteiger partial charge in [-0.25, -0.2) is 0 Å². The van der Waals surface area contributed by atoms with Crippen molar-refractivity contribution in [1.82, 2.24) is 20.1 Å². The second kappa shape index (κ2) is 10.0. The van der Waals surface area contributed by atoms with E-state index in [2.05, 4.69) is 15.5 Å². The van der Waals surface area contributed by atoms with E-state index in [-0.39, 0.29) is 5.91 Å². The van der Waals surface area contributed by atoms with Crippen LogP contribution in [0.4, 0.5) is 0 Å². The molecule has 0 aliphatic carbocycles. The van der Waals surface area contributed by atoms with Gasteiger partial charge < -0.3 is 14.6 Å². The maximum Gasteiger partial charge on any atom is 0.224 e. The topological polar surface area (TPSA) is 69.0 Å². The highest BCUT2D eigenvalue weighted by Gasteiger charge is 2.12. The van der Waals surface area contributed by atoms with Crippen LogP contribution in [0.1, 0.15) is 17.0 Å². The summed E-state index contributed by atoms with van der Waals surface area (Å²) in [5, 5.41) is 13.2. The highest BCUT2D eigenvalue weighted by molar-refractivity contribution is 7.98. The van der Waals surface area contributed by atoms with Crippen molar-refractivity contribution in [2.24, 2.45) is 7.05 Å². The van der Waals surface area contributed by atoms with E-state index in [1.807, 2.05) is 48.0 Å². The smallest absolute Gasteiger partial charge is 0.224 e. The molecule has 0 aliphatic rings. The lowest BCUT2D eigenvalue weighted by molar-refractivity contribution is -0.120. The van der Waals surface area contributed by atoms with Gasteiger partial charge in [-0.15, -0.1) is 10.2 Å². The number of methoxy groups -OCH3 is 1. The van der Waals surface area contributed by atoms with Gasteiger partial charge in [0, 0.05) is 22.8 Å². The molecule has 0 aliphatic heterocycles. The molecule has 0 radical (unpaired) electrons. The number of amides is 1. The van der Waals surface area contributed by atoms with Crippen LogP contribution in [0.15, 0.2) is 47.6 Å². The van der Waals surface area contributed by atoms with Crippen LogP contribution in [0.5, 0.6) is 5.75 Å². The van der Waals surface area contributed by atoms with Crippen LogP contribution in [0, 0.1) is 0 Å². The fourth-order valence-electron chi connectivity index (χ4n) is 2.57. The van der Waals surface area contributed by atoms with Crippen LogP contribution in [-0.2, 0) is 30.6 Å². The Morgan fingerprint density at radius 1 is 1.17 bits per heavy atom. The van der Waals surface area contributed by atoms with Gasteiger partial charge in [-0.05, 0) is 35.4 Å². The molecule has 29 heavy (non-hydrogen) atoms. The first-order chi connectivity index (χ1) is 14.0. The number of ether oxygens (including phenoxy) is 1. The average molecular weight is 451 g/mol. The minimum Gasteiger partial charge on any atom is -0.497 e. The molecule has 9 heteroatoms. The predicted molar refractivity (Wildman–Crippen MR) is 116 cm³/mol. The minimum atomic E-state index is -0.0830. The third-order valence-corrected chi connectivity index (χ3v) is 5.92. The van der Waals surface area contributed by atoms with Gasteiger partial charge in [0.25, 0.3) is 0 Å². The molecule has 1 N–H and O–H groups in total. The Kier molecular flexibility index (Phi) is 7.41. The van der Waals surface area contributed by atoms with Crippen molar-refractivity contribution in [2.45, 2.75) is 23.9 Å². The van der Waals surface area contributed by atoms with Crippen molar-refractivity contribution in [1.29, 1.82) is 0 Å². The number of hydrogen-bond donors (Lipinski definition) is 1. The Morgan fingerprint density at radius 2 is 1.93 bits per heavy atom. The van der Waals surface area contributed by atoms with Crippen LogP contribution in [-0.4, -0.2) is 27.8 Å². The first-order valence-corrected chi connectivity index (χ1v) is 10.5. The second-order valence-electron chi connectivity index (χ2n) is 6.28. The van der Waals surface area contributed by atoms with Crippen molar-refractivity contribution in [3.05, 3.63) is 69.5 Å². The van der Waals surface area contributed by atoms with E-state index >= 15 is 0 Å². The summed E-state index contributed by atoms with van der Waals surface area (Å²) in [6.45, 7) is 0.306. The summed E-state index contributed by atoms with van der Waals surface area (Å²) in [4.78, 5) is 12.2. The average Bonchev–Trinajstić information content (AvgIpc) is 3.06. The SMILES string of the molecule is COc1ccc(CC(=O)NCc2nnc(SCc3ccc(Cl)cc3Cl)n2C)cc1. The summed E-state index contributed by atoms with van der Waals surface area (Å²) in [7, 11) is 3.48. The maximum atomic E-state index is 12.2. The number of thioether (sulfide) groups is 1. The normalized spacial score (nSPS) is 10.8. The van der Waals surface area contributed by atoms with Gasteiger partial charge >= 0.3 is 0 Å². The molecule has 3 aromatic rings. The van der Waals surface area contributed by atoms with Gasteiger partial charge in [0.15, 0.2) is 11.0 Å². The van der Waals surface area contributed by atoms with Crippen molar-refractivity contribution < 1.29 is 9.53 Å². The van der Waals surface area contributed by atoms with Gasteiger partial charge in [0.05, 0.1) is 20.1 Å². The summed E-state index contributed by atoms with van der Waals surface area (Å²) >= 11 is 13.7. The first-order valence-electron chi connectivity index (χ1n) is 8.81. The number of halogens is 2. The van der Waals surface area contributed by atoms with E-state index in [1.54, 1.807) is 13.2 Å². The molecule has 0 saturated carbocycles. The number of nitrogens with zero attached hydrogens (tertiary/aromatic N) is 3. The van der Waals surface area contributed by atoms with Crippen LogP contribution in [0.3, 0.4) is 0 Å². The third kappa shape index (κ3) is 5.88. The highest BCUT2D eigenvalue weighted by Crippen LogP contribution is 2.27. The van der Waals surface area contributed by atoms with E-state index in [4.69, 9.17) is 27.9 Å². The predicted octanol–water partition coefficient (Wildman–Crippen LogP) is 4.28. The zero-order valence-electron chi connectivity index (χ0n) is 16.0. The number of carbonyl (C=O) groups excluding carboxylic acids is 1. The van der Waals surface area contributed by atoms with Gasteiger partial charge in [-0.2, -0.15) is 0 Å². The van der Waals surface area contributed by atoms with Crippen molar-refractivity contribution in [3.63, 3.8) is 0 Å². The van der Waals surface area contributed by atoms with Gasteiger partial charge in [0.2, 0.25) is 5.91 Å². The molecular weight excluding hydrogens is 431 g/mol. The minimum absolute atomic E-state index is 0.0830. The fraction of sp³-hybridized carbons (Fsp3) is 0.250. The number of hydrogen-bond acceptors (Lipinski definition) is 5. The molecule has 152 valence electrons. The van der Waals surface area contributed by atoms with Gasteiger partial charge in [-0.3, -0.25) is 4.79 Å². The van der Waals surface area contributed by atoms with Crippen molar-refractivity contribution >= 4 is 40.9 Å². The number of carbonyl (C=O) groups is 1. The molecule has 1 heterocycles. The summed E-state index contributed by atoms with van der Waals surface area (Å²) in [6, 6.07) is 12.8. The Bertz CT molecular complexity index is 993. The van der Waals surface area contributed by atoms with E-state index < -0.39 is 0 Å². The van der Waals surface area contributed by atoms with E-state index in [9.17, 15) is 4.79 Å². The largest absolute Gasteiger partial charge is 0.497 e. The Labute approximate surface area is 183 Å². The molecule has 0 atom stereocenters. The third-order valence-electron chi connectivity index (χ3n) is 4.26. The van der Waals surface area contributed by atoms with E-state index in [1.165, 1.54) is 11.8 Å². The molecule has 0 bridgehead atoms. The van der Waals surface area contributed by atoms with Crippen molar-refractivity contribution in [3.8, 4) is 5.75 Å². The molecule has 3 rings (SSSR count). The number of rotatable bonds is 8. The Balaban J connectivity index is 1.52. The lowest BCUT2D eigenvalue weighted by atomic mass is 10.1. The summed E-state index contributed by atoms with van der Waals surface area (Å²) in [5.74, 6) is 2.00. The number of nitrogens with one attached hydrogen (secondary N) is 1. The summed E-state index contributed by atoms with van der Waals surface area (Å²) in [6.07, 6.45) is 0.290. The zero-order valence-corrected chi connectivity index (χ0v) is 18.3. The fourth-order valence-corrected chi connectivity index (χ4v) is 4.06. The Morgan fingerprint density at radius 3 is 2.62 bits per heavy atom. The molecule has 0 spiro atoms. The molecule has 1 amide bonds. The molecule has 0 saturated heterocycles. The molecule has 0 unspecified atom stereocenters. The summed E-state index contributed by atoms with van der Waals surface area (Å²) in [5.41, 5.74) is 1.88. The zero-order chi connectivity index (χ0) is 20.8. The van der Waals surface area contributed by atoms with E-state index in [0.717, 1.165) is 22.0 Å². The standard InChI is InChI=1S/C20H20Cl2N4O2S/c1-26-18(11-23-19(27)9-13-3-7-16(28-2)8-4-13)24-25-20(26)29-12-14-5-6-15(21)10-17(14)22/h3-8,10H,9,11-12H2,1-2H3,(H,23,27). The van der Waals surface area contributed by atoms with Crippen LogP contribution < -0.4 is 10.1 Å². The lowest BCUT2D eigenvalue weighted by Crippen LogP contribution is -2.26. The van der Waals surface area contributed by atoms with E-state index in [0.29, 0.717) is 34.6 Å². The number of aromatic nitrogens is 3. The quantitative estimate of drug-likeness (QED) is 0.518. The second-order valence-corrected chi connectivity index (χ2v) is 8.07. The number of benzene rings is 2. The highest BCUT2D eigenvalue weighted by atomic mass is 35.5. The molecule has 2 aromatic carbocycles. The van der Waals surface area contributed by atoms with Crippen molar-refractivity contribution in [2.75, 3.05) is 7.11 Å². The molecular formula is C20H20Cl2N4O2S. The molecule has 0 fully saturated rings. The van der Waals surface area contributed by atoms with Gasteiger partial charge in [0.1, 0.15) is 5.75 Å². The van der Waals surface area contributed by atoms with Crippen LogP contribution in [0.25, 0.3) is 0 Å². The molecule has 6 nitrogen and oxygen atoms in total. The molecule has 1 aromatic heterocycles.